The number of halogens is 2. The first kappa shape index (κ1) is 17.9. The maximum Gasteiger partial charge on any atom is 0.387 e. The molecule has 1 aliphatic rings. The molecule has 1 aliphatic heterocycles. The molecule has 0 radical (unpaired) electrons. The summed E-state index contributed by atoms with van der Waals surface area (Å²) in [6, 6.07) is 22.7. The van der Waals surface area contributed by atoms with Gasteiger partial charge in [-0.15, -0.1) is 0 Å². The number of hydrogen-bond acceptors (Lipinski definition) is 3. The third-order valence-corrected chi connectivity index (χ3v) is 4.45. The quantitative estimate of drug-likeness (QED) is 0.547. The molecule has 3 aromatic carbocycles. The van der Waals surface area contributed by atoms with Gasteiger partial charge in [-0.1, -0.05) is 54.6 Å². The third-order valence-electron chi connectivity index (χ3n) is 4.45. The molecule has 1 heterocycles. The van der Waals surface area contributed by atoms with Crippen molar-refractivity contribution in [2.24, 2.45) is 0 Å². The summed E-state index contributed by atoms with van der Waals surface area (Å²) in [5, 5.41) is 0. The average molecular weight is 378 g/mol. The first-order valence-electron chi connectivity index (χ1n) is 8.73. The monoisotopic (exact) mass is 378 g/mol. The van der Waals surface area contributed by atoms with E-state index in [0.29, 0.717) is 22.4 Å². The zero-order valence-corrected chi connectivity index (χ0v) is 14.7. The van der Waals surface area contributed by atoms with Crippen LogP contribution in [0.15, 0.2) is 84.4 Å². The lowest BCUT2D eigenvalue weighted by atomic mass is 9.89. The van der Waals surface area contributed by atoms with Crippen molar-refractivity contribution in [2.75, 3.05) is 0 Å². The van der Waals surface area contributed by atoms with Crippen molar-refractivity contribution < 1.29 is 23.0 Å². The lowest BCUT2D eigenvalue weighted by Crippen LogP contribution is -2.23. The summed E-state index contributed by atoms with van der Waals surface area (Å²) in [5.41, 5.74) is 2.52. The Balaban J connectivity index is 1.75. The van der Waals surface area contributed by atoms with E-state index < -0.39 is 12.7 Å². The molecule has 5 heteroatoms. The van der Waals surface area contributed by atoms with Gasteiger partial charge in [-0.05, 0) is 41.5 Å². The van der Waals surface area contributed by atoms with Crippen LogP contribution in [0.25, 0.3) is 6.08 Å². The van der Waals surface area contributed by atoms with Crippen LogP contribution in [-0.4, -0.2) is 12.4 Å². The van der Waals surface area contributed by atoms with Crippen molar-refractivity contribution in [3.63, 3.8) is 0 Å². The molecule has 0 N–H and O–H groups in total. The van der Waals surface area contributed by atoms with Crippen LogP contribution in [0.4, 0.5) is 8.78 Å². The molecule has 0 aliphatic carbocycles. The van der Waals surface area contributed by atoms with Gasteiger partial charge in [-0.25, -0.2) is 0 Å². The molecule has 0 unspecified atom stereocenters. The fraction of sp³-hybridized carbons (Fsp3) is 0.0870. The molecule has 3 nitrogen and oxygen atoms in total. The largest absolute Gasteiger partial charge is 0.480 e. The van der Waals surface area contributed by atoms with E-state index in [0.717, 1.165) is 5.56 Å². The van der Waals surface area contributed by atoms with E-state index in [1.807, 2.05) is 36.4 Å². The number of rotatable bonds is 4. The number of fused-ring (bicyclic) bond motifs is 1. The highest BCUT2D eigenvalue weighted by atomic mass is 19.3. The van der Waals surface area contributed by atoms with Crippen molar-refractivity contribution >= 4 is 11.9 Å². The van der Waals surface area contributed by atoms with Gasteiger partial charge in [-0.3, -0.25) is 4.79 Å². The summed E-state index contributed by atoms with van der Waals surface area (Å²) < 4.78 is 35.2. The molecule has 140 valence electrons. The highest BCUT2D eigenvalue weighted by Gasteiger charge is 2.32. The van der Waals surface area contributed by atoms with E-state index in [2.05, 4.69) is 4.74 Å². The van der Waals surface area contributed by atoms with Crippen LogP contribution in [0, 0.1) is 0 Å². The molecule has 0 amide bonds. The summed E-state index contributed by atoms with van der Waals surface area (Å²) in [6.07, 6.45) is 1.17. The topological polar surface area (TPSA) is 35.5 Å². The van der Waals surface area contributed by atoms with Crippen LogP contribution in [0.5, 0.6) is 11.5 Å². The Morgan fingerprint density at radius 3 is 2.29 bits per heavy atom. The van der Waals surface area contributed by atoms with Gasteiger partial charge in [0.25, 0.3) is 0 Å². The van der Waals surface area contributed by atoms with Gasteiger partial charge in [0.1, 0.15) is 11.5 Å². The first-order valence-corrected chi connectivity index (χ1v) is 8.73. The van der Waals surface area contributed by atoms with Crippen molar-refractivity contribution in [2.45, 2.75) is 12.7 Å². The van der Waals surface area contributed by atoms with Gasteiger partial charge in [0, 0.05) is 5.57 Å². The number of para-hydroxylation sites is 1. The van der Waals surface area contributed by atoms with E-state index in [-0.39, 0.29) is 11.5 Å². The highest BCUT2D eigenvalue weighted by molar-refractivity contribution is 6.14. The number of carbonyl (C=O) groups excluding carboxylic acids is 1. The smallest absolute Gasteiger partial charge is 0.387 e. The van der Waals surface area contributed by atoms with Crippen LogP contribution in [0.2, 0.25) is 0 Å². The summed E-state index contributed by atoms with van der Waals surface area (Å²) >= 11 is 0. The molecule has 28 heavy (non-hydrogen) atoms. The second-order valence-electron chi connectivity index (χ2n) is 6.28. The van der Waals surface area contributed by atoms with Crippen molar-refractivity contribution in [1.29, 1.82) is 0 Å². The average Bonchev–Trinajstić information content (AvgIpc) is 2.71. The number of carbonyl (C=O) groups is 1. The second-order valence-corrected chi connectivity index (χ2v) is 6.28. The first-order chi connectivity index (χ1) is 13.6. The molecule has 0 spiro atoms. The molecule has 3 aromatic rings. The summed E-state index contributed by atoms with van der Waals surface area (Å²) in [6.45, 7) is -2.88. The predicted molar refractivity (Wildman–Crippen MR) is 102 cm³/mol. The number of Topliss-reactive ketones (excluding diaryl/α,β-unsaturated/α-hetero) is 1. The van der Waals surface area contributed by atoms with Crippen LogP contribution in [0.3, 0.4) is 0 Å². The summed E-state index contributed by atoms with van der Waals surface area (Å²) in [7, 11) is 0. The Bertz CT molecular complexity index is 1010. The SMILES string of the molecule is O=C1/C(=C/c2ccc(OC(F)F)cc2)[C@@H](c2ccccc2)Oc2ccccc21. The van der Waals surface area contributed by atoms with E-state index in [4.69, 9.17) is 4.74 Å². The zero-order chi connectivity index (χ0) is 19.5. The van der Waals surface area contributed by atoms with Gasteiger partial charge in [-0.2, -0.15) is 8.78 Å². The minimum atomic E-state index is -2.88. The highest BCUT2D eigenvalue weighted by Crippen LogP contribution is 2.39. The second kappa shape index (κ2) is 7.64. The summed E-state index contributed by atoms with van der Waals surface area (Å²) in [5.74, 6) is 0.483. The Labute approximate surface area is 160 Å². The number of hydrogen-bond donors (Lipinski definition) is 0. The van der Waals surface area contributed by atoms with Crippen LogP contribution >= 0.6 is 0 Å². The zero-order valence-electron chi connectivity index (χ0n) is 14.7. The molecule has 4 rings (SSSR count). The molecule has 0 saturated carbocycles. The number of alkyl halides is 2. The Morgan fingerprint density at radius 2 is 1.57 bits per heavy atom. The molecule has 0 fully saturated rings. The third kappa shape index (κ3) is 3.64. The number of ketones is 1. The van der Waals surface area contributed by atoms with Crippen LogP contribution < -0.4 is 9.47 Å². The van der Waals surface area contributed by atoms with E-state index in [1.54, 1.807) is 36.4 Å². The van der Waals surface area contributed by atoms with Crippen molar-refractivity contribution in [1.82, 2.24) is 0 Å². The fourth-order valence-corrected chi connectivity index (χ4v) is 3.16. The molecule has 1 atom stereocenters. The lowest BCUT2D eigenvalue weighted by molar-refractivity contribution is -0.0498. The van der Waals surface area contributed by atoms with E-state index in [9.17, 15) is 13.6 Å². The van der Waals surface area contributed by atoms with Crippen molar-refractivity contribution in [3.8, 4) is 11.5 Å². The Hall–Kier alpha value is -3.47. The fourth-order valence-electron chi connectivity index (χ4n) is 3.16. The standard InChI is InChI=1S/C23H16F2O3/c24-23(25)27-17-12-10-15(11-13-17)14-19-21(26)18-8-4-5-9-20(18)28-22(19)16-6-2-1-3-7-16/h1-14,22-23H/b19-14-/t22-/m1/s1. The van der Waals surface area contributed by atoms with Gasteiger partial charge < -0.3 is 9.47 Å². The van der Waals surface area contributed by atoms with Gasteiger partial charge >= 0.3 is 6.61 Å². The number of ether oxygens (including phenoxy) is 2. The van der Waals surface area contributed by atoms with Gasteiger partial charge in [0.2, 0.25) is 0 Å². The minimum Gasteiger partial charge on any atom is -0.480 e. The predicted octanol–water partition coefficient (Wildman–Crippen LogP) is 5.69. The molecular weight excluding hydrogens is 362 g/mol. The molecule has 0 bridgehead atoms. The molecule has 0 aromatic heterocycles. The Morgan fingerprint density at radius 1 is 0.893 bits per heavy atom. The maximum atomic E-state index is 13.1. The molecular formula is C23H16F2O3. The van der Waals surface area contributed by atoms with E-state index >= 15 is 0 Å². The molecule has 0 saturated heterocycles. The van der Waals surface area contributed by atoms with E-state index in [1.165, 1.54) is 12.1 Å². The van der Waals surface area contributed by atoms with Crippen LogP contribution in [0.1, 0.15) is 27.6 Å². The van der Waals surface area contributed by atoms with Crippen molar-refractivity contribution in [3.05, 3.63) is 101 Å². The maximum absolute atomic E-state index is 13.1. The Kier molecular flexibility index (Phi) is 4.89. The number of benzene rings is 3. The summed E-state index contributed by atoms with van der Waals surface area (Å²) in [4.78, 5) is 13.1. The van der Waals surface area contributed by atoms with Crippen LogP contribution in [-0.2, 0) is 0 Å². The van der Waals surface area contributed by atoms with Gasteiger partial charge in [0.15, 0.2) is 11.9 Å². The minimum absolute atomic E-state index is 0.0633. The normalized spacial score (nSPS) is 17.3. The van der Waals surface area contributed by atoms with Gasteiger partial charge in [0.05, 0.1) is 5.56 Å². The lowest BCUT2D eigenvalue weighted by Gasteiger charge is -2.28.